The van der Waals surface area contributed by atoms with E-state index in [9.17, 15) is 0 Å². The molecule has 142 valence electrons. The zero-order chi connectivity index (χ0) is 17.3. The second-order valence-corrected chi connectivity index (χ2v) is 5.81. The molecule has 1 aliphatic rings. The van der Waals surface area contributed by atoms with E-state index in [1.165, 1.54) is 11.9 Å². The Morgan fingerprint density at radius 3 is 2.62 bits per heavy atom. The van der Waals surface area contributed by atoms with Crippen molar-refractivity contribution in [3.63, 3.8) is 0 Å². The monoisotopic (exact) mass is 471 g/mol. The van der Waals surface area contributed by atoms with Crippen LogP contribution in [0.3, 0.4) is 0 Å². The molecule has 0 amide bonds. The number of rotatable bonds is 6. The van der Waals surface area contributed by atoms with Crippen LogP contribution in [0.15, 0.2) is 41.9 Å². The van der Waals surface area contributed by atoms with Gasteiger partial charge in [0.2, 0.25) is 0 Å². The summed E-state index contributed by atoms with van der Waals surface area (Å²) in [5, 5.41) is 10.8. The number of nitrogens with zero attached hydrogens (tertiary/aromatic N) is 5. The van der Waals surface area contributed by atoms with E-state index in [-0.39, 0.29) is 24.0 Å². The first-order valence-electron chi connectivity index (χ1n) is 8.54. The highest BCUT2D eigenvalue weighted by Gasteiger charge is 2.09. The molecule has 0 unspecified atom stereocenters. The third-order valence-corrected chi connectivity index (χ3v) is 4.13. The maximum Gasteiger partial charge on any atom is 0.191 e. The number of ether oxygens (including phenoxy) is 1. The molecule has 1 aromatic carbocycles. The number of hydrogen-bond donors (Lipinski definition) is 2. The van der Waals surface area contributed by atoms with Gasteiger partial charge < -0.3 is 15.4 Å². The minimum Gasteiger partial charge on any atom is -0.379 e. The second kappa shape index (κ2) is 11.1. The van der Waals surface area contributed by atoms with Gasteiger partial charge in [0.25, 0.3) is 0 Å². The summed E-state index contributed by atoms with van der Waals surface area (Å²) in [5.74, 6) is 0.814. The molecule has 1 fully saturated rings. The minimum absolute atomic E-state index is 0. The molecule has 0 aliphatic carbocycles. The van der Waals surface area contributed by atoms with Gasteiger partial charge in [0.1, 0.15) is 12.7 Å². The molecule has 0 bridgehead atoms. The summed E-state index contributed by atoms with van der Waals surface area (Å²) in [4.78, 5) is 10.6. The minimum atomic E-state index is 0. The maximum atomic E-state index is 5.36. The maximum absolute atomic E-state index is 5.36. The lowest BCUT2D eigenvalue weighted by Crippen LogP contribution is -2.44. The second-order valence-electron chi connectivity index (χ2n) is 5.81. The summed E-state index contributed by atoms with van der Waals surface area (Å²) in [6.45, 7) is 6.25. The van der Waals surface area contributed by atoms with Crippen LogP contribution in [0.25, 0.3) is 5.69 Å². The molecule has 2 heterocycles. The van der Waals surface area contributed by atoms with Gasteiger partial charge in [0.15, 0.2) is 5.96 Å². The molecule has 2 N–H and O–H groups in total. The molecule has 0 saturated carbocycles. The smallest absolute Gasteiger partial charge is 0.191 e. The molecule has 1 aliphatic heterocycles. The van der Waals surface area contributed by atoms with Gasteiger partial charge in [-0.3, -0.25) is 9.89 Å². The fourth-order valence-electron chi connectivity index (χ4n) is 2.67. The van der Waals surface area contributed by atoms with Gasteiger partial charge in [-0.1, -0.05) is 12.1 Å². The van der Waals surface area contributed by atoms with Gasteiger partial charge >= 0.3 is 0 Å². The van der Waals surface area contributed by atoms with E-state index in [0.717, 1.165) is 57.6 Å². The summed E-state index contributed by atoms with van der Waals surface area (Å²) < 4.78 is 7.10. The lowest BCUT2D eigenvalue weighted by atomic mass is 10.2. The van der Waals surface area contributed by atoms with Gasteiger partial charge in [0.05, 0.1) is 18.9 Å². The zero-order valence-electron chi connectivity index (χ0n) is 15.0. The Hall–Kier alpha value is -1.72. The number of halogens is 1. The summed E-state index contributed by atoms with van der Waals surface area (Å²) in [5.41, 5.74) is 2.18. The van der Waals surface area contributed by atoms with E-state index >= 15 is 0 Å². The number of morpholine rings is 1. The van der Waals surface area contributed by atoms with E-state index in [1.807, 2.05) is 12.1 Å². The van der Waals surface area contributed by atoms with Crippen LogP contribution in [0.4, 0.5) is 0 Å². The lowest BCUT2D eigenvalue weighted by Gasteiger charge is -2.26. The van der Waals surface area contributed by atoms with Crippen LogP contribution < -0.4 is 10.6 Å². The molecular weight excluding hydrogens is 445 g/mol. The van der Waals surface area contributed by atoms with Crippen molar-refractivity contribution in [1.29, 1.82) is 0 Å². The quantitative estimate of drug-likeness (QED) is 0.370. The largest absolute Gasteiger partial charge is 0.379 e. The molecule has 2 aromatic rings. The Morgan fingerprint density at radius 1 is 1.19 bits per heavy atom. The first-order chi connectivity index (χ1) is 12.3. The van der Waals surface area contributed by atoms with Crippen molar-refractivity contribution >= 4 is 29.9 Å². The van der Waals surface area contributed by atoms with E-state index < -0.39 is 0 Å². The Morgan fingerprint density at radius 2 is 1.96 bits per heavy atom. The van der Waals surface area contributed by atoms with E-state index in [2.05, 4.69) is 42.7 Å². The van der Waals surface area contributed by atoms with E-state index in [0.29, 0.717) is 0 Å². The van der Waals surface area contributed by atoms with Gasteiger partial charge in [-0.05, 0) is 17.7 Å². The van der Waals surface area contributed by atoms with Crippen LogP contribution in [0.1, 0.15) is 5.56 Å². The predicted octanol–water partition coefficient (Wildman–Crippen LogP) is 0.883. The third kappa shape index (κ3) is 6.22. The highest BCUT2D eigenvalue weighted by atomic mass is 127. The normalized spacial score (nSPS) is 15.3. The van der Waals surface area contributed by atoms with Crippen LogP contribution >= 0.6 is 24.0 Å². The van der Waals surface area contributed by atoms with Crippen LogP contribution in [-0.4, -0.2) is 72.1 Å². The molecule has 0 spiro atoms. The number of nitrogens with one attached hydrogen (secondary N) is 2. The number of hydrogen-bond acceptors (Lipinski definition) is 5. The van der Waals surface area contributed by atoms with Crippen molar-refractivity contribution in [3.8, 4) is 5.69 Å². The molecule has 8 nitrogen and oxygen atoms in total. The van der Waals surface area contributed by atoms with Crippen LogP contribution in [0.5, 0.6) is 0 Å². The van der Waals surface area contributed by atoms with Crippen molar-refractivity contribution in [3.05, 3.63) is 42.5 Å². The topological polar surface area (TPSA) is 79.6 Å². The lowest BCUT2D eigenvalue weighted by molar-refractivity contribution is 0.0389. The summed E-state index contributed by atoms with van der Waals surface area (Å²) in [7, 11) is 1.79. The van der Waals surface area contributed by atoms with Crippen LogP contribution in [0, 0.1) is 0 Å². The van der Waals surface area contributed by atoms with Gasteiger partial charge in [-0.15, -0.1) is 24.0 Å². The number of guanidine groups is 1. The SMILES string of the molecule is CN=C(NCCN1CCOCC1)NCc1ccc(-n2cncn2)cc1.I. The average molecular weight is 471 g/mol. The van der Waals surface area contributed by atoms with Gasteiger partial charge in [0, 0.05) is 39.8 Å². The summed E-state index contributed by atoms with van der Waals surface area (Å²) >= 11 is 0. The molecule has 3 rings (SSSR count). The van der Waals surface area contributed by atoms with Crippen LogP contribution in [-0.2, 0) is 11.3 Å². The van der Waals surface area contributed by atoms with Crippen molar-refractivity contribution < 1.29 is 4.74 Å². The van der Waals surface area contributed by atoms with Crippen molar-refractivity contribution in [2.75, 3.05) is 46.4 Å². The number of aromatic nitrogens is 3. The average Bonchev–Trinajstić information content (AvgIpc) is 3.20. The number of aliphatic imine (C=N–C) groups is 1. The Balaban J connectivity index is 0.00000243. The predicted molar refractivity (Wildman–Crippen MR) is 112 cm³/mol. The Kier molecular flexibility index (Phi) is 8.78. The molecule has 9 heteroatoms. The summed E-state index contributed by atoms with van der Waals surface area (Å²) in [6, 6.07) is 8.21. The van der Waals surface area contributed by atoms with E-state index in [1.54, 1.807) is 18.1 Å². The van der Waals surface area contributed by atoms with Gasteiger partial charge in [-0.25, -0.2) is 9.67 Å². The van der Waals surface area contributed by atoms with Crippen molar-refractivity contribution in [1.82, 2.24) is 30.3 Å². The van der Waals surface area contributed by atoms with Crippen molar-refractivity contribution in [2.24, 2.45) is 4.99 Å². The highest BCUT2D eigenvalue weighted by molar-refractivity contribution is 14.0. The third-order valence-electron chi connectivity index (χ3n) is 4.13. The molecule has 26 heavy (non-hydrogen) atoms. The fraction of sp³-hybridized carbons (Fsp3) is 0.471. The summed E-state index contributed by atoms with van der Waals surface area (Å²) in [6.07, 6.45) is 3.22. The van der Waals surface area contributed by atoms with Crippen molar-refractivity contribution in [2.45, 2.75) is 6.54 Å². The first-order valence-corrected chi connectivity index (χ1v) is 8.54. The van der Waals surface area contributed by atoms with Gasteiger partial charge in [-0.2, -0.15) is 5.10 Å². The molecule has 1 aromatic heterocycles. The standard InChI is InChI=1S/C17H25N7O.HI/c1-18-17(20-6-7-23-8-10-25-11-9-23)21-12-15-2-4-16(5-3-15)24-14-19-13-22-24;/h2-5,13-14H,6-12H2,1H3,(H2,18,20,21);1H. The zero-order valence-corrected chi connectivity index (χ0v) is 17.3. The first kappa shape index (κ1) is 20.6. The van der Waals surface area contributed by atoms with E-state index in [4.69, 9.17) is 4.74 Å². The molecule has 0 radical (unpaired) electrons. The fourth-order valence-corrected chi connectivity index (χ4v) is 2.67. The molecule has 1 saturated heterocycles. The van der Waals surface area contributed by atoms with Crippen LogP contribution in [0.2, 0.25) is 0 Å². The Bertz CT molecular complexity index is 654. The molecule has 0 atom stereocenters. The highest BCUT2D eigenvalue weighted by Crippen LogP contribution is 2.07. The Labute approximate surface area is 171 Å². The molecular formula is C17H26IN7O. The number of benzene rings is 1.